The molecule has 1 aliphatic carbocycles. The van der Waals surface area contributed by atoms with Crippen LogP contribution in [0, 0.1) is 0 Å². The molecule has 4 rings (SSSR count). The lowest BCUT2D eigenvalue weighted by Gasteiger charge is -2.21. The van der Waals surface area contributed by atoms with Gasteiger partial charge in [0.05, 0.1) is 25.0 Å². The zero-order valence-corrected chi connectivity index (χ0v) is 14.7. The molecule has 0 aliphatic heterocycles. The standard InChI is InChI=1S/C20H24N4O2/c25-9-8-24-13-17(12-21-24)22-20(26)19-11-16-7-6-15(10-18(16)23-19)14-4-2-1-3-5-14/h6-7,10-14,23,25H,1-5,8-9H2,(H,22,26). The second kappa shape index (κ2) is 7.33. The van der Waals surface area contributed by atoms with Crippen LogP contribution in [0.5, 0.6) is 0 Å². The van der Waals surface area contributed by atoms with Crippen molar-refractivity contribution in [1.82, 2.24) is 14.8 Å². The van der Waals surface area contributed by atoms with Crippen molar-refractivity contribution >= 4 is 22.5 Å². The van der Waals surface area contributed by atoms with Crippen molar-refractivity contribution in [3.8, 4) is 0 Å². The smallest absolute Gasteiger partial charge is 0.272 e. The first-order chi connectivity index (χ1) is 12.7. The van der Waals surface area contributed by atoms with Gasteiger partial charge < -0.3 is 15.4 Å². The van der Waals surface area contributed by atoms with Crippen LogP contribution in [-0.2, 0) is 6.54 Å². The SMILES string of the molecule is O=C(Nc1cnn(CCO)c1)c1cc2ccc(C3CCCCC3)cc2[nH]1. The van der Waals surface area contributed by atoms with Gasteiger partial charge in [-0.25, -0.2) is 0 Å². The highest BCUT2D eigenvalue weighted by atomic mass is 16.3. The number of carbonyl (C=O) groups is 1. The van der Waals surface area contributed by atoms with Gasteiger partial charge in [-0.15, -0.1) is 0 Å². The lowest BCUT2D eigenvalue weighted by molar-refractivity contribution is 0.102. The van der Waals surface area contributed by atoms with Crippen molar-refractivity contribution in [3.05, 3.63) is 47.9 Å². The normalized spacial score (nSPS) is 15.4. The van der Waals surface area contributed by atoms with Gasteiger partial charge in [0.15, 0.2) is 0 Å². The van der Waals surface area contributed by atoms with Crippen molar-refractivity contribution in [3.63, 3.8) is 0 Å². The summed E-state index contributed by atoms with van der Waals surface area (Å²) in [6, 6.07) is 8.38. The van der Waals surface area contributed by atoms with Crippen molar-refractivity contribution in [1.29, 1.82) is 0 Å². The van der Waals surface area contributed by atoms with E-state index in [9.17, 15) is 4.79 Å². The maximum Gasteiger partial charge on any atom is 0.272 e. The number of aromatic nitrogens is 3. The van der Waals surface area contributed by atoms with E-state index in [4.69, 9.17) is 5.11 Å². The van der Waals surface area contributed by atoms with Gasteiger partial charge in [0.25, 0.3) is 5.91 Å². The van der Waals surface area contributed by atoms with E-state index in [0.717, 1.165) is 10.9 Å². The number of aromatic amines is 1. The topological polar surface area (TPSA) is 82.9 Å². The lowest BCUT2D eigenvalue weighted by atomic mass is 9.84. The van der Waals surface area contributed by atoms with Gasteiger partial charge in [-0.2, -0.15) is 5.10 Å². The first kappa shape index (κ1) is 16.8. The van der Waals surface area contributed by atoms with Crippen LogP contribution in [0.4, 0.5) is 5.69 Å². The molecular formula is C20H24N4O2. The number of carbonyl (C=O) groups excluding carboxylic acids is 1. The molecule has 0 atom stereocenters. The molecule has 2 heterocycles. The van der Waals surface area contributed by atoms with Crippen molar-refractivity contribution in [2.45, 2.75) is 44.6 Å². The molecule has 2 aromatic heterocycles. The number of anilines is 1. The molecule has 6 nitrogen and oxygen atoms in total. The molecule has 1 aromatic carbocycles. The Morgan fingerprint density at radius 1 is 1.27 bits per heavy atom. The zero-order valence-electron chi connectivity index (χ0n) is 14.7. The second-order valence-corrected chi connectivity index (χ2v) is 7.03. The van der Waals surface area contributed by atoms with Gasteiger partial charge in [-0.3, -0.25) is 9.48 Å². The third kappa shape index (κ3) is 3.51. The third-order valence-corrected chi connectivity index (χ3v) is 5.19. The summed E-state index contributed by atoms with van der Waals surface area (Å²) in [7, 11) is 0. The maximum atomic E-state index is 12.5. The first-order valence-corrected chi connectivity index (χ1v) is 9.30. The molecule has 3 aromatic rings. The summed E-state index contributed by atoms with van der Waals surface area (Å²) >= 11 is 0. The predicted octanol–water partition coefficient (Wildman–Crippen LogP) is 3.66. The first-order valence-electron chi connectivity index (χ1n) is 9.30. The van der Waals surface area contributed by atoms with E-state index in [1.54, 1.807) is 17.1 Å². The summed E-state index contributed by atoms with van der Waals surface area (Å²) < 4.78 is 1.59. The molecule has 1 amide bonds. The molecule has 0 bridgehead atoms. The number of hydrogen-bond donors (Lipinski definition) is 3. The molecule has 1 aliphatic rings. The molecule has 1 saturated carbocycles. The quantitative estimate of drug-likeness (QED) is 0.655. The number of amides is 1. The van der Waals surface area contributed by atoms with Gasteiger partial charge >= 0.3 is 0 Å². The predicted molar refractivity (Wildman–Crippen MR) is 101 cm³/mol. The molecule has 3 N–H and O–H groups in total. The Labute approximate surface area is 152 Å². The third-order valence-electron chi connectivity index (χ3n) is 5.19. The van der Waals surface area contributed by atoms with Crippen molar-refractivity contribution in [2.75, 3.05) is 11.9 Å². The van der Waals surface area contributed by atoms with Gasteiger partial charge in [-0.05, 0) is 36.5 Å². The summed E-state index contributed by atoms with van der Waals surface area (Å²) in [5.41, 5.74) is 3.53. The Morgan fingerprint density at radius 3 is 2.92 bits per heavy atom. The Morgan fingerprint density at radius 2 is 2.12 bits per heavy atom. The number of rotatable bonds is 5. The van der Waals surface area contributed by atoms with Crippen molar-refractivity contribution in [2.24, 2.45) is 0 Å². The largest absolute Gasteiger partial charge is 0.394 e. The summed E-state index contributed by atoms with van der Waals surface area (Å²) in [5.74, 6) is 0.454. The van der Waals surface area contributed by atoms with E-state index >= 15 is 0 Å². The molecule has 0 unspecified atom stereocenters. The Kier molecular flexibility index (Phi) is 4.75. The second-order valence-electron chi connectivity index (χ2n) is 7.03. The number of aliphatic hydroxyl groups is 1. The number of H-pyrrole nitrogens is 1. The molecular weight excluding hydrogens is 328 g/mol. The van der Waals surface area contributed by atoms with Crippen LogP contribution >= 0.6 is 0 Å². The van der Waals surface area contributed by atoms with Crippen LogP contribution in [-0.4, -0.2) is 32.4 Å². The van der Waals surface area contributed by atoms with E-state index < -0.39 is 0 Å². The fourth-order valence-corrected chi connectivity index (χ4v) is 3.81. The molecule has 0 saturated heterocycles. The summed E-state index contributed by atoms with van der Waals surface area (Å²) in [4.78, 5) is 15.8. The number of nitrogens with one attached hydrogen (secondary N) is 2. The average Bonchev–Trinajstić information content (AvgIpc) is 3.29. The Bertz CT molecular complexity index is 906. The minimum atomic E-state index is -0.191. The maximum absolute atomic E-state index is 12.5. The monoisotopic (exact) mass is 352 g/mol. The summed E-state index contributed by atoms with van der Waals surface area (Å²) in [6.45, 7) is 0.423. The summed E-state index contributed by atoms with van der Waals surface area (Å²) in [6.07, 6.45) is 9.78. The molecule has 1 fully saturated rings. The van der Waals surface area contributed by atoms with Crippen LogP contribution in [0.3, 0.4) is 0 Å². The number of fused-ring (bicyclic) bond motifs is 1. The van der Waals surface area contributed by atoms with Crippen LogP contribution in [0.1, 0.15) is 54.1 Å². The Balaban J connectivity index is 1.51. The fourth-order valence-electron chi connectivity index (χ4n) is 3.81. The van der Waals surface area contributed by atoms with Gasteiger partial charge in [0, 0.05) is 17.1 Å². The van der Waals surface area contributed by atoms with Crippen LogP contribution in [0.25, 0.3) is 10.9 Å². The van der Waals surface area contributed by atoms with Crippen LogP contribution in [0.15, 0.2) is 36.7 Å². The minimum Gasteiger partial charge on any atom is -0.394 e. The molecule has 0 spiro atoms. The Hall–Kier alpha value is -2.60. The summed E-state index contributed by atoms with van der Waals surface area (Å²) in [5, 5.41) is 16.9. The number of aliphatic hydroxyl groups excluding tert-OH is 1. The minimum absolute atomic E-state index is 0.0143. The zero-order chi connectivity index (χ0) is 17.9. The fraction of sp³-hybridized carbons (Fsp3) is 0.400. The highest BCUT2D eigenvalue weighted by Crippen LogP contribution is 2.34. The molecule has 26 heavy (non-hydrogen) atoms. The van der Waals surface area contributed by atoms with Crippen LogP contribution in [0.2, 0.25) is 0 Å². The molecule has 0 radical (unpaired) electrons. The van der Waals surface area contributed by atoms with Gasteiger partial charge in [0.1, 0.15) is 5.69 Å². The molecule has 136 valence electrons. The average molecular weight is 352 g/mol. The highest BCUT2D eigenvalue weighted by molar-refractivity contribution is 6.05. The van der Waals surface area contributed by atoms with Crippen LogP contribution < -0.4 is 5.32 Å². The van der Waals surface area contributed by atoms with Gasteiger partial charge in [0.2, 0.25) is 0 Å². The van der Waals surface area contributed by atoms with Crippen molar-refractivity contribution < 1.29 is 9.90 Å². The highest BCUT2D eigenvalue weighted by Gasteiger charge is 2.17. The van der Waals surface area contributed by atoms with Gasteiger partial charge in [-0.1, -0.05) is 31.4 Å². The number of hydrogen-bond acceptors (Lipinski definition) is 3. The lowest BCUT2D eigenvalue weighted by Crippen LogP contribution is -2.11. The van der Waals surface area contributed by atoms with E-state index in [1.165, 1.54) is 37.7 Å². The number of nitrogens with zero attached hydrogens (tertiary/aromatic N) is 2. The number of benzene rings is 1. The van der Waals surface area contributed by atoms with E-state index in [0.29, 0.717) is 23.8 Å². The van der Waals surface area contributed by atoms with E-state index in [1.807, 2.05) is 6.07 Å². The molecule has 6 heteroatoms. The van der Waals surface area contributed by atoms with E-state index in [2.05, 4.69) is 33.6 Å². The van der Waals surface area contributed by atoms with E-state index in [-0.39, 0.29) is 12.5 Å².